The van der Waals surface area contributed by atoms with Gasteiger partial charge in [0.15, 0.2) is 17.3 Å². The van der Waals surface area contributed by atoms with Gasteiger partial charge in [0.05, 0.1) is 17.1 Å². The van der Waals surface area contributed by atoms with Crippen molar-refractivity contribution in [1.29, 1.82) is 0 Å². The molecule has 3 aromatic rings. The van der Waals surface area contributed by atoms with E-state index in [0.717, 1.165) is 5.56 Å². The molecule has 8 heteroatoms. The molecule has 3 aromatic carbocycles. The van der Waals surface area contributed by atoms with Gasteiger partial charge in [-0.25, -0.2) is 8.42 Å². The first kappa shape index (κ1) is 20.3. The number of sulfonamides is 1. The van der Waals surface area contributed by atoms with Crippen molar-refractivity contribution in [2.75, 3.05) is 11.1 Å². The van der Waals surface area contributed by atoms with Crippen LogP contribution < -0.4 is 13.8 Å². The summed E-state index contributed by atoms with van der Waals surface area (Å²) in [6.45, 7) is 1.67. The van der Waals surface area contributed by atoms with Gasteiger partial charge in [0.25, 0.3) is 10.0 Å². The Morgan fingerprint density at radius 3 is 2.30 bits per heavy atom. The maximum Gasteiger partial charge on any atom is 0.264 e. The molecule has 0 spiro atoms. The molecule has 1 heterocycles. The molecule has 0 unspecified atom stereocenters. The normalized spacial score (nSPS) is 12.6. The van der Waals surface area contributed by atoms with Crippen LogP contribution in [0.25, 0.3) is 0 Å². The monoisotopic (exact) mass is 443 g/mol. The zero-order valence-electron chi connectivity index (χ0n) is 16.0. The summed E-state index contributed by atoms with van der Waals surface area (Å²) >= 11 is 5.92. The summed E-state index contributed by atoms with van der Waals surface area (Å²) in [5, 5.41) is 0.446. The van der Waals surface area contributed by atoms with Crippen molar-refractivity contribution in [3.05, 3.63) is 82.9 Å². The summed E-state index contributed by atoms with van der Waals surface area (Å²) < 4.78 is 38.9. The largest absolute Gasteiger partial charge is 0.454 e. The van der Waals surface area contributed by atoms with E-state index in [1.165, 1.54) is 35.5 Å². The van der Waals surface area contributed by atoms with E-state index in [2.05, 4.69) is 0 Å². The van der Waals surface area contributed by atoms with E-state index >= 15 is 0 Å². The van der Waals surface area contributed by atoms with E-state index in [1.807, 2.05) is 0 Å². The highest BCUT2D eigenvalue weighted by Crippen LogP contribution is 2.34. The predicted octanol–water partition coefficient (Wildman–Crippen LogP) is 4.67. The number of nitrogens with zero attached hydrogens (tertiary/aromatic N) is 1. The van der Waals surface area contributed by atoms with Gasteiger partial charge >= 0.3 is 0 Å². The van der Waals surface area contributed by atoms with Gasteiger partial charge in [-0.3, -0.25) is 9.10 Å². The fourth-order valence-corrected chi connectivity index (χ4v) is 4.70. The topological polar surface area (TPSA) is 72.9 Å². The minimum atomic E-state index is -3.90. The molecule has 0 fully saturated rings. The summed E-state index contributed by atoms with van der Waals surface area (Å²) in [6, 6.07) is 17.8. The van der Waals surface area contributed by atoms with Crippen molar-refractivity contribution in [2.24, 2.45) is 0 Å². The first-order chi connectivity index (χ1) is 14.3. The minimum Gasteiger partial charge on any atom is -0.454 e. The van der Waals surface area contributed by atoms with Crippen LogP contribution in [0.1, 0.15) is 22.8 Å². The van der Waals surface area contributed by atoms with Gasteiger partial charge in [-0.2, -0.15) is 0 Å². The second kappa shape index (κ2) is 8.01. The maximum atomic E-state index is 13.5. The molecule has 154 valence electrons. The van der Waals surface area contributed by atoms with E-state index in [9.17, 15) is 13.2 Å². The lowest BCUT2D eigenvalue weighted by atomic mass is 10.1. The fraction of sp³-hybridized carbons (Fsp3) is 0.136. The Morgan fingerprint density at radius 1 is 0.967 bits per heavy atom. The number of ketones is 1. The Morgan fingerprint density at radius 2 is 1.63 bits per heavy atom. The molecular weight excluding hydrogens is 426 g/mol. The van der Waals surface area contributed by atoms with Gasteiger partial charge in [0, 0.05) is 10.6 Å². The van der Waals surface area contributed by atoms with Gasteiger partial charge in [0.1, 0.15) is 0 Å². The molecule has 4 rings (SSSR count). The third-order valence-corrected chi connectivity index (χ3v) is 6.77. The third kappa shape index (κ3) is 3.99. The summed E-state index contributed by atoms with van der Waals surface area (Å²) in [7, 11) is -3.90. The lowest BCUT2D eigenvalue weighted by Gasteiger charge is -2.25. The Hall–Kier alpha value is -3.03. The molecule has 0 bridgehead atoms. The number of halogens is 1. The number of anilines is 1. The lowest BCUT2D eigenvalue weighted by molar-refractivity contribution is 0.101. The maximum absolute atomic E-state index is 13.5. The number of benzene rings is 3. The van der Waals surface area contributed by atoms with Crippen molar-refractivity contribution in [3.63, 3.8) is 0 Å². The molecule has 1 aliphatic heterocycles. The smallest absolute Gasteiger partial charge is 0.264 e. The molecule has 6 nitrogen and oxygen atoms in total. The van der Waals surface area contributed by atoms with Gasteiger partial charge in [-0.1, -0.05) is 17.7 Å². The van der Waals surface area contributed by atoms with E-state index in [4.69, 9.17) is 21.1 Å². The highest BCUT2D eigenvalue weighted by Gasteiger charge is 2.26. The average Bonchev–Trinajstić information content (AvgIpc) is 3.20. The number of rotatable bonds is 6. The summed E-state index contributed by atoms with van der Waals surface area (Å²) in [5.74, 6) is 1.10. The Labute approximate surface area is 179 Å². The van der Waals surface area contributed by atoms with E-state index in [0.29, 0.717) is 27.8 Å². The van der Waals surface area contributed by atoms with Gasteiger partial charge in [-0.05, 0) is 73.2 Å². The van der Waals surface area contributed by atoms with Crippen molar-refractivity contribution in [3.8, 4) is 11.5 Å². The highest BCUT2D eigenvalue weighted by atomic mass is 35.5. The third-order valence-electron chi connectivity index (χ3n) is 4.73. The number of Topliss-reactive ketones (excluding diaryl/α,β-unsaturated/α-hetero) is 1. The molecule has 0 aliphatic carbocycles. The van der Waals surface area contributed by atoms with Crippen LogP contribution in [0.5, 0.6) is 11.5 Å². The first-order valence-corrected chi connectivity index (χ1v) is 10.9. The predicted molar refractivity (Wildman–Crippen MR) is 114 cm³/mol. The van der Waals surface area contributed by atoms with Crippen LogP contribution in [0.15, 0.2) is 71.6 Å². The van der Waals surface area contributed by atoms with E-state index < -0.39 is 10.0 Å². The number of ether oxygens (including phenoxy) is 2. The SMILES string of the molecule is CC(=O)c1ccc(N(Cc2ccc3c(c2)OCO3)S(=O)(=O)c2ccc(Cl)cc2)cc1. The van der Waals surface area contributed by atoms with Crippen LogP contribution in [0.4, 0.5) is 5.69 Å². The van der Waals surface area contributed by atoms with Crippen LogP contribution >= 0.6 is 11.6 Å². The van der Waals surface area contributed by atoms with Crippen LogP contribution in [-0.4, -0.2) is 21.0 Å². The van der Waals surface area contributed by atoms with Gasteiger partial charge < -0.3 is 9.47 Å². The van der Waals surface area contributed by atoms with Gasteiger partial charge in [0.2, 0.25) is 6.79 Å². The van der Waals surface area contributed by atoms with Crippen molar-refractivity contribution in [2.45, 2.75) is 18.4 Å². The molecule has 1 aliphatic rings. The van der Waals surface area contributed by atoms with Crippen molar-refractivity contribution < 1.29 is 22.7 Å². The zero-order chi connectivity index (χ0) is 21.3. The molecule has 0 radical (unpaired) electrons. The van der Waals surface area contributed by atoms with Crippen molar-refractivity contribution >= 4 is 33.1 Å². The first-order valence-electron chi connectivity index (χ1n) is 9.12. The Kier molecular flexibility index (Phi) is 5.40. The van der Waals surface area contributed by atoms with Crippen LogP contribution in [0.2, 0.25) is 5.02 Å². The van der Waals surface area contributed by atoms with E-state index in [1.54, 1.807) is 42.5 Å². The number of hydrogen-bond acceptors (Lipinski definition) is 5. The molecule has 0 saturated heterocycles. The van der Waals surface area contributed by atoms with Crippen molar-refractivity contribution in [1.82, 2.24) is 0 Å². The standard InChI is InChI=1S/C22H18ClNO5S/c1-15(25)17-3-7-19(8-4-17)24(30(26,27)20-9-5-18(23)6-10-20)13-16-2-11-21-22(12-16)29-14-28-21/h2-12H,13-14H2,1H3. The quantitative estimate of drug-likeness (QED) is 0.518. The van der Waals surface area contributed by atoms with Gasteiger partial charge in [-0.15, -0.1) is 0 Å². The van der Waals surface area contributed by atoms with E-state index in [-0.39, 0.29) is 24.0 Å². The Bertz CT molecular complexity index is 1190. The molecule has 0 amide bonds. The second-order valence-electron chi connectivity index (χ2n) is 6.76. The zero-order valence-corrected chi connectivity index (χ0v) is 17.6. The van der Waals surface area contributed by atoms with Crippen LogP contribution in [-0.2, 0) is 16.6 Å². The molecule has 0 atom stereocenters. The second-order valence-corrected chi connectivity index (χ2v) is 9.06. The highest BCUT2D eigenvalue weighted by molar-refractivity contribution is 7.92. The summed E-state index contributed by atoms with van der Waals surface area (Å²) in [5.41, 5.74) is 1.67. The van der Waals surface area contributed by atoms with Crippen LogP contribution in [0.3, 0.4) is 0 Å². The number of carbonyl (C=O) groups is 1. The fourth-order valence-electron chi connectivity index (χ4n) is 3.12. The Balaban J connectivity index is 1.76. The number of fused-ring (bicyclic) bond motifs is 1. The number of hydrogen-bond donors (Lipinski definition) is 0. The molecule has 0 N–H and O–H groups in total. The minimum absolute atomic E-state index is 0.0705. The molecular formula is C22H18ClNO5S. The number of carbonyl (C=O) groups excluding carboxylic acids is 1. The molecule has 0 saturated carbocycles. The lowest BCUT2D eigenvalue weighted by Crippen LogP contribution is -2.30. The summed E-state index contributed by atoms with van der Waals surface area (Å²) in [4.78, 5) is 11.7. The average molecular weight is 444 g/mol. The molecule has 0 aromatic heterocycles. The molecule has 30 heavy (non-hydrogen) atoms. The summed E-state index contributed by atoms with van der Waals surface area (Å²) in [6.07, 6.45) is 0. The van der Waals surface area contributed by atoms with Crippen LogP contribution in [0, 0.1) is 0 Å².